The highest BCUT2D eigenvalue weighted by Gasteiger charge is 2.08. The summed E-state index contributed by atoms with van der Waals surface area (Å²) in [5.41, 5.74) is 1.42. The smallest absolute Gasteiger partial charge is 0.0188 e. The van der Waals surface area contributed by atoms with E-state index in [-0.39, 0.29) is 0 Å². The van der Waals surface area contributed by atoms with Crippen molar-refractivity contribution in [3.05, 3.63) is 48.0 Å². The molecule has 1 unspecified atom stereocenters. The third kappa shape index (κ3) is 3.57. The monoisotopic (exact) mass is 290 g/mol. The van der Waals surface area contributed by atoms with Crippen molar-refractivity contribution in [2.45, 2.75) is 31.5 Å². The molecule has 0 N–H and O–H groups in total. The number of hydrogen-bond acceptors (Lipinski definition) is 0. The molecule has 0 aromatic heterocycles. The maximum Gasteiger partial charge on any atom is 0.0188 e. The number of fused-ring (bicyclic) bond motifs is 1. The first-order valence-electron chi connectivity index (χ1n) is 6.27. The van der Waals surface area contributed by atoms with Crippen LogP contribution in [0.1, 0.15) is 25.8 Å². The number of rotatable bonds is 4. The quantitative estimate of drug-likeness (QED) is 0.680. The van der Waals surface area contributed by atoms with Crippen LogP contribution in [-0.4, -0.2) is 4.83 Å². The summed E-state index contributed by atoms with van der Waals surface area (Å²) in [5, 5.41) is 2.67. The molecule has 1 heteroatoms. The topological polar surface area (TPSA) is 0 Å². The molecule has 90 valence electrons. The largest absolute Gasteiger partial charge is 0.0887 e. The van der Waals surface area contributed by atoms with E-state index in [1.807, 2.05) is 0 Å². The minimum Gasteiger partial charge on any atom is -0.0887 e. The molecular weight excluding hydrogens is 272 g/mol. The predicted molar refractivity (Wildman–Crippen MR) is 79.8 cm³/mol. The van der Waals surface area contributed by atoms with Gasteiger partial charge in [-0.05, 0) is 35.1 Å². The van der Waals surface area contributed by atoms with E-state index in [0.717, 1.165) is 12.3 Å². The van der Waals surface area contributed by atoms with E-state index in [1.54, 1.807) is 0 Å². The molecule has 0 aliphatic heterocycles. The van der Waals surface area contributed by atoms with Crippen LogP contribution in [0.3, 0.4) is 0 Å². The first kappa shape index (κ1) is 12.6. The van der Waals surface area contributed by atoms with Gasteiger partial charge in [-0.3, -0.25) is 0 Å². The third-order valence-electron chi connectivity index (χ3n) is 3.00. The molecule has 2 rings (SSSR count). The third-order valence-corrected chi connectivity index (χ3v) is 3.70. The van der Waals surface area contributed by atoms with Gasteiger partial charge >= 0.3 is 0 Å². The van der Waals surface area contributed by atoms with Gasteiger partial charge in [0.1, 0.15) is 0 Å². The fourth-order valence-corrected chi connectivity index (χ4v) is 3.34. The number of alkyl halides is 1. The molecule has 2 aromatic rings. The summed E-state index contributed by atoms with van der Waals surface area (Å²) in [4.78, 5) is 0.587. The Kier molecular flexibility index (Phi) is 4.22. The van der Waals surface area contributed by atoms with Crippen LogP contribution in [0.15, 0.2) is 42.5 Å². The Morgan fingerprint density at radius 3 is 2.41 bits per heavy atom. The summed E-state index contributed by atoms with van der Waals surface area (Å²) in [6.07, 6.45) is 2.34. The van der Waals surface area contributed by atoms with Crippen LogP contribution in [-0.2, 0) is 6.42 Å². The van der Waals surface area contributed by atoms with Crippen molar-refractivity contribution in [3.63, 3.8) is 0 Å². The molecule has 0 nitrogen and oxygen atoms in total. The molecule has 0 heterocycles. The van der Waals surface area contributed by atoms with Crippen molar-refractivity contribution in [2.24, 2.45) is 5.92 Å². The van der Waals surface area contributed by atoms with Crippen LogP contribution in [0.5, 0.6) is 0 Å². The minimum atomic E-state index is 0.587. The molecule has 0 saturated heterocycles. The van der Waals surface area contributed by atoms with Crippen LogP contribution in [0.4, 0.5) is 0 Å². The lowest BCUT2D eigenvalue weighted by molar-refractivity contribution is 0.571. The zero-order valence-corrected chi connectivity index (χ0v) is 12.1. The van der Waals surface area contributed by atoms with Crippen molar-refractivity contribution in [3.8, 4) is 0 Å². The average molecular weight is 291 g/mol. The molecule has 1 atom stereocenters. The molecule has 0 aliphatic rings. The highest BCUT2D eigenvalue weighted by Crippen LogP contribution is 2.21. The highest BCUT2D eigenvalue weighted by molar-refractivity contribution is 9.09. The fraction of sp³-hybridized carbons (Fsp3) is 0.375. The molecular formula is C16H19Br. The predicted octanol–water partition coefficient (Wildman–Crippen LogP) is 5.19. The second-order valence-electron chi connectivity index (χ2n) is 5.11. The summed E-state index contributed by atoms with van der Waals surface area (Å²) < 4.78 is 0. The highest BCUT2D eigenvalue weighted by atomic mass is 79.9. The number of benzene rings is 2. The summed E-state index contributed by atoms with van der Waals surface area (Å²) in [5.74, 6) is 0.750. The Hall–Kier alpha value is -0.820. The minimum absolute atomic E-state index is 0.587. The van der Waals surface area contributed by atoms with Gasteiger partial charge in [0.2, 0.25) is 0 Å². The second-order valence-corrected chi connectivity index (χ2v) is 6.41. The molecule has 0 amide bonds. The van der Waals surface area contributed by atoms with E-state index in [4.69, 9.17) is 0 Å². The molecule has 0 radical (unpaired) electrons. The first-order valence-corrected chi connectivity index (χ1v) is 7.18. The van der Waals surface area contributed by atoms with Gasteiger partial charge in [0.05, 0.1) is 0 Å². The standard InChI is InChI=1S/C16H19Br/c1-12(2)9-16(17)11-13-7-8-14-5-3-4-6-15(14)10-13/h3-8,10,12,16H,9,11H2,1-2H3. The van der Waals surface area contributed by atoms with Gasteiger partial charge in [-0.2, -0.15) is 0 Å². The summed E-state index contributed by atoms with van der Waals surface area (Å²) >= 11 is 3.78. The molecule has 2 aromatic carbocycles. The van der Waals surface area contributed by atoms with Gasteiger partial charge in [0.25, 0.3) is 0 Å². The lowest BCUT2D eigenvalue weighted by Crippen LogP contribution is -2.06. The van der Waals surface area contributed by atoms with E-state index in [9.17, 15) is 0 Å². The average Bonchev–Trinajstić information content (AvgIpc) is 2.27. The van der Waals surface area contributed by atoms with E-state index < -0.39 is 0 Å². The number of halogens is 1. The number of hydrogen-bond donors (Lipinski definition) is 0. The van der Waals surface area contributed by atoms with E-state index in [2.05, 4.69) is 72.2 Å². The Labute approximate surface area is 112 Å². The maximum absolute atomic E-state index is 3.78. The zero-order valence-electron chi connectivity index (χ0n) is 10.5. The van der Waals surface area contributed by atoms with Crippen molar-refractivity contribution in [2.75, 3.05) is 0 Å². The lowest BCUT2D eigenvalue weighted by atomic mass is 10.00. The van der Waals surface area contributed by atoms with Crippen LogP contribution in [0.2, 0.25) is 0 Å². The lowest BCUT2D eigenvalue weighted by Gasteiger charge is -2.12. The second kappa shape index (κ2) is 5.68. The SMILES string of the molecule is CC(C)CC(Br)Cc1ccc2ccccc2c1. The molecule has 0 bridgehead atoms. The van der Waals surface area contributed by atoms with Gasteiger partial charge in [-0.15, -0.1) is 0 Å². The van der Waals surface area contributed by atoms with Crippen molar-refractivity contribution >= 4 is 26.7 Å². The van der Waals surface area contributed by atoms with E-state index in [0.29, 0.717) is 4.83 Å². The van der Waals surface area contributed by atoms with Gasteiger partial charge in [0, 0.05) is 4.83 Å². The summed E-state index contributed by atoms with van der Waals surface area (Å²) in [6, 6.07) is 15.3. The Bertz CT molecular complexity index is 488. The van der Waals surface area contributed by atoms with E-state index >= 15 is 0 Å². The van der Waals surface area contributed by atoms with E-state index in [1.165, 1.54) is 22.8 Å². The van der Waals surface area contributed by atoms with Crippen LogP contribution in [0.25, 0.3) is 10.8 Å². The van der Waals surface area contributed by atoms with Gasteiger partial charge in [-0.1, -0.05) is 72.2 Å². The molecule has 0 saturated carbocycles. The van der Waals surface area contributed by atoms with Crippen molar-refractivity contribution < 1.29 is 0 Å². The van der Waals surface area contributed by atoms with Gasteiger partial charge in [-0.25, -0.2) is 0 Å². The Morgan fingerprint density at radius 1 is 1.00 bits per heavy atom. The van der Waals surface area contributed by atoms with Crippen LogP contribution in [0, 0.1) is 5.92 Å². The molecule has 0 aliphatic carbocycles. The Morgan fingerprint density at radius 2 is 1.71 bits per heavy atom. The molecule has 17 heavy (non-hydrogen) atoms. The van der Waals surface area contributed by atoms with Crippen LogP contribution < -0.4 is 0 Å². The van der Waals surface area contributed by atoms with Gasteiger partial charge in [0.15, 0.2) is 0 Å². The molecule has 0 spiro atoms. The Balaban J connectivity index is 2.14. The summed E-state index contributed by atoms with van der Waals surface area (Å²) in [7, 11) is 0. The normalized spacial score (nSPS) is 13.2. The van der Waals surface area contributed by atoms with Crippen molar-refractivity contribution in [1.82, 2.24) is 0 Å². The maximum atomic E-state index is 3.78. The van der Waals surface area contributed by atoms with Crippen molar-refractivity contribution in [1.29, 1.82) is 0 Å². The zero-order chi connectivity index (χ0) is 12.3. The van der Waals surface area contributed by atoms with Gasteiger partial charge < -0.3 is 0 Å². The summed E-state index contributed by atoms with van der Waals surface area (Å²) in [6.45, 7) is 4.54. The van der Waals surface area contributed by atoms with Crippen LogP contribution >= 0.6 is 15.9 Å². The molecule has 0 fully saturated rings. The first-order chi connectivity index (χ1) is 8.15. The fourth-order valence-electron chi connectivity index (χ4n) is 2.22.